The van der Waals surface area contributed by atoms with Gasteiger partial charge < -0.3 is 10.5 Å². The van der Waals surface area contributed by atoms with Crippen molar-refractivity contribution in [3.8, 4) is 5.75 Å². The molecule has 4 heteroatoms. The summed E-state index contributed by atoms with van der Waals surface area (Å²) >= 11 is 0. The summed E-state index contributed by atoms with van der Waals surface area (Å²) in [6.07, 6.45) is 2.72. The maximum Gasteiger partial charge on any atom is 0.167 e. The minimum atomic E-state index is -0.658. The molecule has 0 radical (unpaired) electrons. The molecule has 1 aromatic rings. The normalized spacial score (nSPS) is 10.3. The Hall–Kier alpha value is -1.16. The summed E-state index contributed by atoms with van der Waals surface area (Å²) in [5, 5.41) is 0. The largest absolute Gasteiger partial charge is 0.491 e. The van der Waals surface area contributed by atoms with Gasteiger partial charge in [0.1, 0.15) is 5.82 Å². The van der Waals surface area contributed by atoms with Gasteiger partial charge in [-0.2, -0.15) is 0 Å². The van der Waals surface area contributed by atoms with E-state index in [0.29, 0.717) is 13.2 Å². The Morgan fingerprint density at radius 2 is 1.93 bits per heavy atom. The molecule has 1 rings (SSSR count). The molecule has 1 aromatic carbocycles. The van der Waals surface area contributed by atoms with Crippen LogP contribution in [0, 0.1) is 11.6 Å². The van der Waals surface area contributed by atoms with Crippen molar-refractivity contribution >= 4 is 0 Å². The number of halogens is 2. The van der Waals surface area contributed by atoms with Crippen LogP contribution < -0.4 is 10.5 Å². The molecule has 0 fully saturated rings. The van der Waals surface area contributed by atoms with E-state index in [0.717, 1.165) is 25.3 Å². The molecule has 0 heterocycles. The fourth-order valence-electron chi connectivity index (χ4n) is 1.20. The second-order valence-electron chi connectivity index (χ2n) is 3.27. The number of hydrogen-bond donors (Lipinski definition) is 1. The van der Waals surface area contributed by atoms with Gasteiger partial charge in [0, 0.05) is 6.07 Å². The van der Waals surface area contributed by atoms with E-state index in [1.165, 1.54) is 12.1 Å². The molecule has 0 amide bonds. The fourth-order valence-corrected chi connectivity index (χ4v) is 1.20. The monoisotopic (exact) mass is 215 g/mol. The van der Waals surface area contributed by atoms with Crippen LogP contribution in [0.2, 0.25) is 0 Å². The number of benzene rings is 1. The van der Waals surface area contributed by atoms with Gasteiger partial charge in [-0.1, -0.05) is 0 Å². The number of ether oxygens (including phenoxy) is 1. The molecule has 15 heavy (non-hydrogen) atoms. The van der Waals surface area contributed by atoms with Crippen LogP contribution >= 0.6 is 0 Å². The maximum absolute atomic E-state index is 13.0. The van der Waals surface area contributed by atoms with Crippen molar-refractivity contribution < 1.29 is 13.5 Å². The van der Waals surface area contributed by atoms with Crippen molar-refractivity contribution in [2.45, 2.75) is 19.3 Å². The van der Waals surface area contributed by atoms with Crippen LogP contribution in [-0.2, 0) is 0 Å². The first-order valence-electron chi connectivity index (χ1n) is 5.02. The van der Waals surface area contributed by atoms with E-state index in [9.17, 15) is 8.78 Å². The lowest BCUT2D eigenvalue weighted by molar-refractivity contribution is 0.290. The third kappa shape index (κ3) is 4.25. The predicted molar refractivity (Wildman–Crippen MR) is 54.8 cm³/mol. The van der Waals surface area contributed by atoms with E-state index in [1.807, 2.05) is 0 Å². The highest BCUT2D eigenvalue weighted by Gasteiger charge is 2.03. The third-order valence-electron chi connectivity index (χ3n) is 2.00. The van der Waals surface area contributed by atoms with Crippen molar-refractivity contribution in [3.63, 3.8) is 0 Å². The van der Waals surface area contributed by atoms with Gasteiger partial charge in [-0.3, -0.25) is 0 Å². The van der Waals surface area contributed by atoms with Crippen LogP contribution in [0.5, 0.6) is 5.75 Å². The number of hydrogen-bond acceptors (Lipinski definition) is 2. The van der Waals surface area contributed by atoms with Crippen molar-refractivity contribution in [2.24, 2.45) is 5.73 Å². The van der Waals surface area contributed by atoms with Crippen molar-refractivity contribution in [1.29, 1.82) is 0 Å². The van der Waals surface area contributed by atoms with Gasteiger partial charge in [-0.25, -0.2) is 8.78 Å². The summed E-state index contributed by atoms with van der Waals surface area (Å²) in [5.41, 5.74) is 5.32. The predicted octanol–water partition coefficient (Wildman–Crippen LogP) is 2.47. The molecule has 0 aliphatic rings. The van der Waals surface area contributed by atoms with Crippen LogP contribution in [0.25, 0.3) is 0 Å². The molecule has 0 bridgehead atoms. The summed E-state index contributed by atoms with van der Waals surface area (Å²) in [6, 6.07) is 3.29. The Morgan fingerprint density at radius 3 is 2.60 bits per heavy atom. The van der Waals surface area contributed by atoms with E-state index in [-0.39, 0.29) is 5.75 Å². The minimum absolute atomic E-state index is 0.101. The molecule has 84 valence electrons. The molecule has 0 spiro atoms. The SMILES string of the molecule is NCCCCCOc1ccc(F)cc1F. The summed E-state index contributed by atoms with van der Waals surface area (Å²) in [4.78, 5) is 0. The minimum Gasteiger partial charge on any atom is -0.491 e. The Labute approximate surface area is 88.0 Å². The van der Waals surface area contributed by atoms with E-state index in [4.69, 9.17) is 10.5 Å². The van der Waals surface area contributed by atoms with Gasteiger partial charge in [0.2, 0.25) is 0 Å². The molecule has 0 atom stereocenters. The van der Waals surface area contributed by atoms with Crippen LogP contribution in [0.15, 0.2) is 18.2 Å². The average molecular weight is 215 g/mol. The molecule has 2 nitrogen and oxygen atoms in total. The molecule has 2 N–H and O–H groups in total. The van der Waals surface area contributed by atoms with Crippen LogP contribution in [0.3, 0.4) is 0 Å². The number of unbranched alkanes of at least 4 members (excludes halogenated alkanes) is 2. The van der Waals surface area contributed by atoms with Gasteiger partial charge in [-0.05, 0) is 37.9 Å². The van der Waals surface area contributed by atoms with Gasteiger partial charge in [0.25, 0.3) is 0 Å². The van der Waals surface area contributed by atoms with Crippen LogP contribution in [0.1, 0.15) is 19.3 Å². The van der Waals surface area contributed by atoms with Crippen LogP contribution in [0.4, 0.5) is 8.78 Å². The van der Waals surface area contributed by atoms with E-state index < -0.39 is 11.6 Å². The average Bonchev–Trinajstić information content (AvgIpc) is 2.20. The van der Waals surface area contributed by atoms with Gasteiger partial charge in [-0.15, -0.1) is 0 Å². The van der Waals surface area contributed by atoms with Gasteiger partial charge in [0.15, 0.2) is 11.6 Å². The van der Waals surface area contributed by atoms with Crippen molar-refractivity contribution in [3.05, 3.63) is 29.8 Å². The summed E-state index contributed by atoms with van der Waals surface area (Å²) in [6.45, 7) is 1.09. The molecule has 0 unspecified atom stereocenters. The highest BCUT2D eigenvalue weighted by atomic mass is 19.1. The maximum atomic E-state index is 13.0. The van der Waals surface area contributed by atoms with Gasteiger partial charge in [0.05, 0.1) is 6.61 Å². The molecule has 0 aromatic heterocycles. The zero-order valence-corrected chi connectivity index (χ0v) is 8.51. The molecular formula is C11H15F2NO. The first-order chi connectivity index (χ1) is 7.24. The second-order valence-corrected chi connectivity index (χ2v) is 3.27. The Balaban J connectivity index is 2.31. The molecule has 0 saturated carbocycles. The van der Waals surface area contributed by atoms with Crippen molar-refractivity contribution in [1.82, 2.24) is 0 Å². The first-order valence-corrected chi connectivity index (χ1v) is 5.02. The molecule has 0 saturated heterocycles. The fraction of sp³-hybridized carbons (Fsp3) is 0.455. The highest BCUT2D eigenvalue weighted by molar-refractivity contribution is 5.24. The number of nitrogens with two attached hydrogens (primary N) is 1. The lowest BCUT2D eigenvalue weighted by Gasteiger charge is -2.06. The zero-order chi connectivity index (χ0) is 11.1. The molecule has 0 aliphatic heterocycles. The molecular weight excluding hydrogens is 200 g/mol. The second kappa shape index (κ2) is 6.35. The zero-order valence-electron chi connectivity index (χ0n) is 8.51. The quantitative estimate of drug-likeness (QED) is 0.740. The smallest absolute Gasteiger partial charge is 0.167 e. The molecule has 0 aliphatic carbocycles. The Kier molecular flexibility index (Phi) is 5.04. The topological polar surface area (TPSA) is 35.2 Å². The van der Waals surface area contributed by atoms with Crippen LogP contribution in [-0.4, -0.2) is 13.2 Å². The van der Waals surface area contributed by atoms with Gasteiger partial charge >= 0.3 is 0 Å². The van der Waals surface area contributed by atoms with Crippen molar-refractivity contribution in [2.75, 3.05) is 13.2 Å². The summed E-state index contributed by atoms with van der Waals surface area (Å²) in [5.74, 6) is -1.15. The van der Waals surface area contributed by atoms with E-state index in [2.05, 4.69) is 0 Å². The van der Waals surface area contributed by atoms with E-state index >= 15 is 0 Å². The standard InChI is InChI=1S/C11H15F2NO/c12-9-4-5-11(10(13)8-9)15-7-3-1-2-6-14/h4-5,8H,1-3,6-7,14H2. The summed E-state index contributed by atoms with van der Waals surface area (Å²) < 4.78 is 30.7. The Bertz CT molecular complexity index is 305. The first kappa shape index (κ1) is 11.9. The lowest BCUT2D eigenvalue weighted by atomic mass is 10.2. The number of rotatable bonds is 6. The third-order valence-corrected chi connectivity index (χ3v) is 2.00. The van der Waals surface area contributed by atoms with E-state index in [1.54, 1.807) is 0 Å². The highest BCUT2D eigenvalue weighted by Crippen LogP contribution is 2.17. The Morgan fingerprint density at radius 1 is 1.13 bits per heavy atom. The lowest BCUT2D eigenvalue weighted by Crippen LogP contribution is -2.02. The summed E-state index contributed by atoms with van der Waals surface area (Å²) in [7, 11) is 0.